The van der Waals surface area contributed by atoms with Crippen molar-refractivity contribution in [3.63, 3.8) is 0 Å². The minimum Gasteiger partial charge on any atom is -0.379 e. The second-order valence-corrected chi connectivity index (χ2v) is 7.95. The maximum atomic E-state index is 12.3. The van der Waals surface area contributed by atoms with E-state index in [0.29, 0.717) is 13.0 Å². The van der Waals surface area contributed by atoms with Crippen molar-refractivity contribution in [2.45, 2.75) is 13.0 Å². The lowest BCUT2D eigenvalue weighted by Crippen LogP contribution is -2.38. The van der Waals surface area contributed by atoms with Crippen LogP contribution in [0.15, 0.2) is 42.7 Å². The molecule has 5 rings (SSSR count). The van der Waals surface area contributed by atoms with Crippen LogP contribution >= 0.6 is 0 Å². The normalized spacial score (nSPS) is 15.0. The number of aromatic amines is 1. The smallest absolute Gasteiger partial charge is 0.221 e. The molecule has 8 heteroatoms. The standard InChI is InChI=1S/C23H26N6O2/c1-28-22-18(15-26-28)14-25-23-19(22)12-20(27-23)17-4-2-3-16(11-17)13-24-21(30)5-6-29-7-9-31-10-8-29/h2-4,11-12,14-15,26H,5-10,13H2,1H3,(H,24,30). The molecule has 1 amide bonds. The summed E-state index contributed by atoms with van der Waals surface area (Å²) in [5.41, 5.74) is 4.78. The Hall–Kier alpha value is -3.23. The average Bonchev–Trinajstić information content (AvgIpc) is 3.40. The molecule has 4 heterocycles. The number of H-pyrrole nitrogens is 1. The van der Waals surface area contributed by atoms with Gasteiger partial charge in [-0.2, -0.15) is 0 Å². The van der Waals surface area contributed by atoms with Crippen molar-refractivity contribution in [1.29, 1.82) is 0 Å². The van der Waals surface area contributed by atoms with E-state index < -0.39 is 0 Å². The number of fused-ring (bicyclic) bond motifs is 3. The molecule has 1 fully saturated rings. The second kappa shape index (κ2) is 8.49. The number of aromatic nitrogens is 4. The van der Waals surface area contributed by atoms with Crippen molar-refractivity contribution < 1.29 is 9.53 Å². The zero-order chi connectivity index (χ0) is 21.2. The Morgan fingerprint density at radius 3 is 3.00 bits per heavy atom. The van der Waals surface area contributed by atoms with Crippen LogP contribution in [-0.4, -0.2) is 63.4 Å². The predicted molar refractivity (Wildman–Crippen MR) is 120 cm³/mol. The first-order valence-corrected chi connectivity index (χ1v) is 10.6. The second-order valence-electron chi connectivity index (χ2n) is 7.95. The van der Waals surface area contributed by atoms with Gasteiger partial charge in [-0.3, -0.25) is 14.4 Å². The minimum atomic E-state index is 0.0700. The van der Waals surface area contributed by atoms with E-state index in [4.69, 9.17) is 9.72 Å². The Balaban J connectivity index is 1.27. The molecular weight excluding hydrogens is 392 g/mol. The number of nitrogens with zero attached hydrogens (tertiary/aromatic N) is 4. The van der Waals surface area contributed by atoms with E-state index >= 15 is 0 Å². The van der Waals surface area contributed by atoms with Gasteiger partial charge in [-0.25, -0.2) is 9.97 Å². The molecule has 4 aromatic rings. The van der Waals surface area contributed by atoms with Crippen LogP contribution in [0.5, 0.6) is 0 Å². The van der Waals surface area contributed by atoms with Gasteiger partial charge in [0.25, 0.3) is 0 Å². The number of pyridine rings is 1. The molecule has 0 bridgehead atoms. The number of nitrogens with one attached hydrogen (secondary N) is 2. The average molecular weight is 419 g/mol. The van der Waals surface area contributed by atoms with Crippen molar-refractivity contribution in [1.82, 2.24) is 30.0 Å². The van der Waals surface area contributed by atoms with Gasteiger partial charge in [0, 0.05) is 68.4 Å². The number of hydrogen-bond donors (Lipinski definition) is 2. The zero-order valence-electron chi connectivity index (χ0n) is 17.6. The number of carbonyl (C=O) groups is 1. The molecule has 0 unspecified atom stereocenters. The van der Waals surface area contributed by atoms with E-state index in [9.17, 15) is 4.79 Å². The molecule has 2 N–H and O–H groups in total. The molecule has 0 spiro atoms. The van der Waals surface area contributed by atoms with Gasteiger partial charge in [-0.15, -0.1) is 0 Å². The van der Waals surface area contributed by atoms with Gasteiger partial charge in [0.2, 0.25) is 5.91 Å². The van der Waals surface area contributed by atoms with Crippen molar-refractivity contribution >= 4 is 27.8 Å². The van der Waals surface area contributed by atoms with Gasteiger partial charge in [0.15, 0.2) is 5.65 Å². The molecule has 3 aromatic heterocycles. The van der Waals surface area contributed by atoms with E-state index in [-0.39, 0.29) is 5.91 Å². The van der Waals surface area contributed by atoms with Gasteiger partial charge >= 0.3 is 0 Å². The first-order chi connectivity index (χ1) is 15.2. The molecule has 160 valence electrons. The van der Waals surface area contributed by atoms with Crippen LogP contribution in [0.3, 0.4) is 0 Å². The highest BCUT2D eigenvalue weighted by molar-refractivity contribution is 6.04. The SMILES string of the molecule is Cn1[nH]cc2cnc3nc(-c4cccc(CNC(=O)CCN5CCOCC5)c4)cc3c21. The zero-order valence-corrected chi connectivity index (χ0v) is 17.6. The molecule has 0 saturated carbocycles. The summed E-state index contributed by atoms with van der Waals surface area (Å²) in [5.74, 6) is 0.0700. The highest BCUT2D eigenvalue weighted by atomic mass is 16.5. The number of ether oxygens (including phenoxy) is 1. The lowest BCUT2D eigenvalue weighted by molar-refractivity contribution is -0.121. The maximum absolute atomic E-state index is 12.3. The quantitative estimate of drug-likeness (QED) is 0.502. The minimum absolute atomic E-state index is 0.0700. The van der Waals surface area contributed by atoms with E-state index in [1.165, 1.54) is 0 Å². The van der Waals surface area contributed by atoms with Gasteiger partial charge in [0.05, 0.1) is 24.4 Å². The van der Waals surface area contributed by atoms with Gasteiger partial charge in [-0.1, -0.05) is 18.2 Å². The van der Waals surface area contributed by atoms with E-state index in [0.717, 1.165) is 71.6 Å². The summed E-state index contributed by atoms with van der Waals surface area (Å²) in [7, 11) is 1.98. The monoisotopic (exact) mass is 418 g/mol. The maximum Gasteiger partial charge on any atom is 0.221 e. The summed E-state index contributed by atoms with van der Waals surface area (Å²) >= 11 is 0. The fourth-order valence-electron chi connectivity index (χ4n) is 4.10. The number of benzene rings is 1. The number of aryl methyl sites for hydroxylation is 1. The third-order valence-electron chi connectivity index (χ3n) is 5.82. The van der Waals surface area contributed by atoms with Crippen LogP contribution in [0.1, 0.15) is 12.0 Å². The molecule has 8 nitrogen and oxygen atoms in total. The highest BCUT2D eigenvalue weighted by Gasteiger charge is 2.13. The summed E-state index contributed by atoms with van der Waals surface area (Å²) in [5, 5.41) is 8.30. The first kappa shape index (κ1) is 19.7. The Morgan fingerprint density at radius 1 is 1.26 bits per heavy atom. The number of hydrogen-bond acceptors (Lipinski definition) is 5. The molecule has 1 aliphatic heterocycles. The van der Waals surface area contributed by atoms with Crippen molar-refractivity contribution in [3.8, 4) is 11.3 Å². The molecule has 31 heavy (non-hydrogen) atoms. The highest BCUT2D eigenvalue weighted by Crippen LogP contribution is 2.28. The molecule has 0 radical (unpaired) electrons. The van der Waals surface area contributed by atoms with E-state index in [2.05, 4.69) is 32.4 Å². The number of amides is 1. The number of morpholine rings is 1. The summed E-state index contributed by atoms with van der Waals surface area (Å²) in [4.78, 5) is 23.8. The Labute approximate surface area is 180 Å². The lowest BCUT2D eigenvalue weighted by Gasteiger charge is -2.26. The molecular formula is C23H26N6O2. The largest absolute Gasteiger partial charge is 0.379 e. The third-order valence-corrected chi connectivity index (χ3v) is 5.82. The van der Waals surface area contributed by atoms with Crippen molar-refractivity contribution in [2.75, 3.05) is 32.8 Å². The summed E-state index contributed by atoms with van der Waals surface area (Å²) < 4.78 is 7.33. The Morgan fingerprint density at radius 2 is 2.13 bits per heavy atom. The predicted octanol–water partition coefficient (Wildman–Crippen LogP) is 2.46. The number of rotatable bonds is 6. The summed E-state index contributed by atoms with van der Waals surface area (Å²) in [6.07, 6.45) is 4.29. The van der Waals surface area contributed by atoms with Crippen LogP contribution in [0.4, 0.5) is 0 Å². The Bertz CT molecular complexity index is 1220. The Kier molecular flexibility index (Phi) is 5.40. The van der Waals surface area contributed by atoms with Gasteiger partial charge in [0.1, 0.15) is 0 Å². The fourth-order valence-corrected chi connectivity index (χ4v) is 4.10. The first-order valence-electron chi connectivity index (χ1n) is 10.6. The van der Waals surface area contributed by atoms with E-state index in [1.807, 2.05) is 42.3 Å². The van der Waals surface area contributed by atoms with Gasteiger partial charge < -0.3 is 15.2 Å². The third kappa shape index (κ3) is 4.17. The fraction of sp³-hybridized carbons (Fsp3) is 0.348. The van der Waals surface area contributed by atoms with Crippen molar-refractivity contribution in [3.05, 3.63) is 48.3 Å². The molecule has 0 aliphatic carbocycles. The van der Waals surface area contributed by atoms with Crippen LogP contribution in [0.25, 0.3) is 33.2 Å². The van der Waals surface area contributed by atoms with E-state index in [1.54, 1.807) is 0 Å². The summed E-state index contributed by atoms with van der Waals surface area (Å²) in [6, 6.07) is 10.2. The van der Waals surface area contributed by atoms with Crippen LogP contribution in [0, 0.1) is 0 Å². The molecule has 0 atom stereocenters. The van der Waals surface area contributed by atoms with Gasteiger partial charge in [-0.05, 0) is 17.7 Å². The molecule has 1 aromatic carbocycles. The lowest BCUT2D eigenvalue weighted by atomic mass is 10.1. The molecule has 1 saturated heterocycles. The number of carbonyl (C=O) groups excluding carboxylic acids is 1. The summed E-state index contributed by atoms with van der Waals surface area (Å²) in [6.45, 7) is 4.59. The van der Waals surface area contributed by atoms with Crippen LogP contribution in [0.2, 0.25) is 0 Å². The van der Waals surface area contributed by atoms with Crippen LogP contribution < -0.4 is 5.32 Å². The topological polar surface area (TPSA) is 88.1 Å². The molecule has 1 aliphatic rings. The van der Waals surface area contributed by atoms with Crippen molar-refractivity contribution in [2.24, 2.45) is 7.05 Å². The van der Waals surface area contributed by atoms with Crippen LogP contribution in [-0.2, 0) is 23.1 Å².